The Morgan fingerprint density at radius 3 is 2.60 bits per heavy atom. The Bertz CT molecular complexity index is 824. The van der Waals surface area contributed by atoms with Gasteiger partial charge in [0.2, 0.25) is 0 Å². The highest BCUT2D eigenvalue weighted by Gasteiger charge is 2.25. The van der Waals surface area contributed by atoms with E-state index in [0.29, 0.717) is 31.6 Å². The van der Waals surface area contributed by atoms with Crippen LogP contribution in [0.1, 0.15) is 22.8 Å². The lowest BCUT2D eigenvalue weighted by Gasteiger charge is -2.30. The fourth-order valence-corrected chi connectivity index (χ4v) is 3.17. The van der Waals surface area contributed by atoms with Gasteiger partial charge in [-0.3, -0.25) is 25.1 Å². The normalized spacial score (nSPS) is 15.4. The average Bonchev–Trinajstić information content (AvgIpc) is 2.61. The first-order valence-electron chi connectivity index (χ1n) is 7.85. The summed E-state index contributed by atoms with van der Waals surface area (Å²) < 4.78 is 0. The molecule has 0 aliphatic carbocycles. The number of β-amino-alcohol motifs (C(OH)–C–C–N with tert-alkyl or cyclic N) is 1. The van der Waals surface area contributed by atoms with Gasteiger partial charge in [0.1, 0.15) is 0 Å². The molecule has 0 aromatic heterocycles. The average molecular weight is 343 g/mol. The second kappa shape index (κ2) is 6.96. The summed E-state index contributed by atoms with van der Waals surface area (Å²) in [6.45, 7) is 1.40. The number of fused-ring (bicyclic) bond motifs is 1. The maximum absolute atomic E-state index is 11.1. The van der Waals surface area contributed by atoms with Crippen LogP contribution in [-0.4, -0.2) is 32.9 Å². The Morgan fingerprint density at radius 1 is 1.12 bits per heavy atom. The smallest absolute Gasteiger partial charge is 0.272 e. The van der Waals surface area contributed by atoms with Crippen LogP contribution >= 0.6 is 0 Å². The molecular formula is C17H17N3O5. The summed E-state index contributed by atoms with van der Waals surface area (Å²) in [5.74, 6) is 0. The molecule has 8 heteroatoms. The molecule has 0 fully saturated rings. The minimum atomic E-state index is -0.861. The van der Waals surface area contributed by atoms with Crippen molar-refractivity contribution in [2.45, 2.75) is 19.1 Å². The topological polar surface area (TPSA) is 110 Å². The number of hydrogen-bond donors (Lipinski definition) is 1. The zero-order valence-electron chi connectivity index (χ0n) is 13.4. The van der Waals surface area contributed by atoms with Crippen LogP contribution in [0.4, 0.5) is 11.4 Å². The van der Waals surface area contributed by atoms with Crippen molar-refractivity contribution in [1.82, 2.24) is 4.90 Å². The van der Waals surface area contributed by atoms with Crippen molar-refractivity contribution in [1.29, 1.82) is 0 Å². The van der Waals surface area contributed by atoms with E-state index in [1.807, 2.05) is 11.0 Å². The van der Waals surface area contributed by atoms with Crippen LogP contribution in [0.15, 0.2) is 42.5 Å². The van der Waals surface area contributed by atoms with Gasteiger partial charge < -0.3 is 5.11 Å². The summed E-state index contributed by atoms with van der Waals surface area (Å²) in [6, 6.07) is 11.0. The quantitative estimate of drug-likeness (QED) is 0.660. The minimum absolute atomic E-state index is 0.0591. The molecular weight excluding hydrogens is 326 g/mol. The van der Waals surface area contributed by atoms with Crippen LogP contribution in [0.5, 0.6) is 0 Å². The number of rotatable bonds is 5. The standard InChI is InChI=1S/C17H17N3O5/c21-17(12-3-1-5-14(9-12)19(22)23)11-18-8-7-15-13(10-18)4-2-6-16(15)20(24)25/h1-6,9,17,21H,7-8,10-11H2. The summed E-state index contributed by atoms with van der Waals surface area (Å²) in [5, 5.41) is 32.3. The van der Waals surface area contributed by atoms with Crippen molar-refractivity contribution in [2.75, 3.05) is 13.1 Å². The molecule has 25 heavy (non-hydrogen) atoms. The zero-order valence-corrected chi connectivity index (χ0v) is 13.4. The van der Waals surface area contributed by atoms with Gasteiger partial charge in [-0.05, 0) is 17.5 Å². The first-order valence-corrected chi connectivity index (χ1v) is 7.85. The molecule has 0 radical (unpaired) electrons. The molecule has 2 aromatic rings. The van der Waals surface area contributed by atoms with E-state index in [1.54, 1.807) is 18.2 Å². The largest absolute Gasteiger partial charge is 0.387 e. The third-order valence-electron chi connectivity index (χ3n) is 4.41. The second-order valence-electron chi connectivity index (χ2n) is 6.02. The van der Waals surface area contributed by atoms with Crippen molar-refractivity contribution >= 4 is 11.4 Å². The molecule has 1 aliphatic heterocycles. The van der Waals surface area contributed by atoms with Gasteiger partial charge in [-0.2, -0.15) is 0 Å². The summed E-state index contributed by atoms with van der Waals surface area (Å²) >= 11 is 0. The lowest BCUT2D eigenvalue weighted by Crippen LogP contribution is -2.34. The van der Waals surface area contributed by atoms with Crippen molar-refractivity contribution in [3.8, 4) is 0 Å². The number of nitro benzene ring substituents is 2. The Hall–Kier alpha value is -2.84. The first kappa shape index (κ1) is 17.0. The highest BCUT2D eigenvalue weighted by atomic mass is 16.6. The van der Waals surface area contributed by atoms with Crippen LogP contribution in [0.25, 0.3) is 0 Å². The molecule has 0 amide bonds. The number of aliphatic hydroxyl groups excluding tert-OH is 1. The summed E-state index contributed by atoms with van der Waals surface area (Å²) in [5.41, 5.74) is 2.19. The van der Waals surface area contributed by atoms with Gasteiger partial charge >= 0.3 is 0 Å². The van der Waals surface area contributed by atoms with Crippen molar-refractivity contribution in [3.05, 3.63) is 79.4 Å². The molecule has 0 saturated heterocycles. The van der Waals surface area contributed by atoms with Gasteiger partial charge in [-0.1, -0.05) is 24.3 Å². The number of non-ortho nitro benzene ring substituents is 1. The van der Waals surface area contributed by atoms with Crippen LogP contribution in [0.2, 0.25) is 0 Å². The predicted octanol–water partition coefficient (Wildman–Crippen LogP) is 2.59. The van der Waals surface area contributed by atoms with E-state index in [2.05, 4.69) is 0 Å². The summed E-state index contributed by atoms with van der Waals surface area (Å²) in [4.78, 5) is 23.1. The number of aliphatic hydroxyl groups is 1. The van der Waals surface area contributed by atoms with E-state index in [-0.39, 0.29) is 16.3 Å². The predicted molar refractivity (Wildman–Crippen MR) is 90.1 cm³/mol. The second-order valence-corrected chi connectivity index (χ2v) is 6.02. The van der Waals surface area contributed by atoms with E-state index >= 15 is 0 Å². The Labute approximate surface area is 143 Å². The van der Waals surface area contributed by atoms with E-state index in [1.165, 1.54) is 18.2 Å². The Balaban J connectivity index is 1.73. The number of hydrogen-bond acceptors (Lipinski definition) is 6. The van der Waals surface area contributed by atoms with Crippen LogP contribution in [0.3, 0.4) is 0 Å². The first-order chi connectivity index (χ1) is 12.0. The Kier molecular flexibility index (Phi) is 4.73. The Morgan fingerprint density at radius 2 is 1.88 bits per heavy atom. The van der Waals surface area contributed by atoms with E-state index in [9.17, 15) is 25.3 Å². The highest BCUT2D eigenvalue weighted by molar-refractivity contribution is 5.46. The minimum Gasteiger partial charge on any atom is -0.387 e. The molecule has 8 nitrogen and oxygen atoms in total. The van der Waals surface area contributed by atoms with Crippen molar-refractivity contribution in [2.24, 2.45) is 0 Å². The maximum Gasteiger partial charge on any atom is 0.272 e. The molecule has 2 aromatic carbocycles. The third-order valence-corrected chi connectivity index (χ3v) is 4.41. The van der Waals surface area contributed by atoms with Gasteiger partial charge in [0.05, 0.1) is 16.0 Å². The van der Waals surface area contributed by atoms with E-state index in [4.69, 9.17) is 0 Å². The maximum atomic E-state index is 11.1. The molecule has 1 heterocycles. The number of nitrogens with zero attached hydrogens (tertiary/aromatic N) is 3. The van der Waals surface area contributed by atoms with Gasteiger partial charge in [0.25, 0.3) is 11.4 Å². The molecule has 0 saturated carbocycles. The molecule has 1 N–H and O–H groups in total. The van der Waals surface area contributed by atoms with Crippen LogP contribution in [-0.2, 0) is 13.0 Å². The van der Waals surface area contributed by atoms with E-state index < -0.39 is 11.0 Å². The molecule has 0 bridgehead atoms. The van der Waals surface area contributed by atoms with Gasteiger partial charge in [-0.15, -0.1) is 0 Å². The van der Waals surface area contributed by atoms with Gasteiger partial charge in [0.15, 0.2) is 0 Å². The lowest BCUT2D eigenvalue weighted by atomic mass is 9.97. The van der Waals surface area contributed by atoms with Crippen molar-refractivity contribution in [3.63, 3.8) is 0 Å². The number of benzene rings is 2. The van der Waals surface area contributed by atoms with Crippen LogP contribution in [0, 0.1) is 20.2 Å². The summed E-state index contributed by atoms with van der Waals surface area (Å²) in [7, 11) is 0. The fourth-order valence-electron chi connectivity index (χ4n) is 3.17. The third kappa shape index (κ3) is 3.65. The monoisotopic (exact) mass is 343 g/mol. The van der Waals surface area contributed by atoms with Gasteiger partial charge in [-0.25, -0.2) is 0 Å². The van der Waals surface area contributed by atoms with Crippen molar-refractivity contribution < 1.29 is 15.0 Å². The molecule has 3 rings (SSSR count). The molecule has 130 valence electrons. The molecule has 1 atom stereocenters. The lowest BCUT2D eigenvalue weighted by molar-refractivity contribution is -0.385. The zero-order chi connectivity index (χ0) is 18.0. The molecule has 0 spiro atoms. The highest BCUT2D eigenvalue weighted by Crippen LogP contribution is 2.29. The van der Waals surface area contributed by atoms with Gasteiger partial charge in [0, 0.05) is 43.4 Å². The van der Waals surface area contributed by atoms with E-state index in [0.717, 1.165) is 11.1 Å². The SMILES string of the molecule is O=[N+]([O-])c1cccc(C(O)CN2CCc3c(cccc3[N+](=O)[O-])C2)c1. The van der Waals surface area contributed by atoms with Crippen LogP contribution < -0.4 is 0 Å². The molecule has 1 unspecified atom stereocenters. The molecule has 1 aliphatic rings. The number of nitro groups is 2. The fraction of sp³-hybridized carbons (Fsp3) is 0.294. The summed E-state index contributed by atoms with van der Waals surface area (Å²) in [6.07, 6.45) is -0.325.